The minimum absolute atomic E-state index is 0.429. The molecular formula is C16H12ClNO2. The van der Waals surface area contributed by atoms with Crippen molar-refractivity contribution in [1.82, 2.24) is 4.98 Å². The van der Waals surface area contributed by atoms with Crippen molar-refractivity contribution in [1.29, 1.82) is 0 Å². The van der Waals surface area contributed by atoms with Crippen molar-refractivity contribution in [3.8, 4) is 11.5 Å². The van der Waals surface area contributed by atoms with Gasteiger partial charge in [-0.05, 0) is 60.8 Å². The average Bonchev–Trinajstić information content (AvgIpc) is 2.82. The lowest BCUT2D eigenvalue weighted by Gasteiger charge is -1.97. The largest absolute Gasteiger partial charge is 0.436 e. The van der Waals surface area contributed by atoms with Gasteiger partial charge in [-0.1, -0.05) is 12.1 Å². The highest BCUT2D eigenvalue weighted by Crippen LogP contribution is 2.27. The van der Waals surface area contributed by atoms with Crippen LogP contribution in [0.5, 0.6) is 0 Å². The first-order valence-corrected chi connectivity index (χ1v) is 6.60. The Morgan fingerprint density at radius 1 is 1.15 bits per heavy atom. The molecule has 0 aliphatic rings. The van der Waals surface area contributed by atoms with Crippen LogP contribution in [0.3, 0.4) is 0 Å². The first-order valence-electron chi connectivity index (χ1n) is 6.22. The van der Waals surface area contributed by atoms with Gasteiger partial charge in [0.05, 0.1) is 0 Å². The predicted octanol–water partition coefficient (Wildman–Crippen LogP) is 4.49. The van der Waals surface area contributed by atoms with Gasteiger partial charge in [-0.3, -0.25) is 4.79 Å². The molecule has 0 aliphatic carbocycles. The number of carbonyl (C=O) groups is 1. The number of oxazole rings is 1. The maximum Gasteiger partial charge on any atom is 0.252 e. The molecule has 0 amide bonds. The monoisotopic (exact) mass is 285 g/mol. The molecule has 1 aromatic heterocycles. The van der Waals surface area contributed by atoms with Gasteiger partial charge < -0.3 is 4.42 Å². The number of hydrogen-bond acceptors (Lipinski definition) is 3. The second kappa shape index (κ2) is 4.76. The number of nitrogens with zero attached hydrogens (tertiary/aromatic N) is 1. The summed E-state index contributed by atoms with van der Waals surface area (Å²) in [5.41, 5.74) is 5.05. The molecule has 0 aliphatic heterocycles. The van der Waals surface area contributed by atoms with E-state index in [1.54, 1.807) is 18.2 Å². The van der Waals surface area contributed by atoms with Crippen LogP contribution in [-0.4, -0.2) is 10.2 Å². The van der Waals surface area contributed by atoms with Gasteiger partial charge in [0.1, 0.15) is 5.52 Å². The minimum Gasteiger partial charge on any atom is -0.436 e. The quantitative estimate of drug-likeness (QED) is 0.652. The zero-order chi connectivity index (χ0) is 14.3. The van der Waals surface area contributed by atoms with E-state index in [1.165, 1.54) is 5.56 Å². The third-order valence-electron chi connectivity index (χ3n) is 3.34. The molecular weight excluding hydrogens is 274 g/mol. The Bertz CT molecular complexity index is 781. The van der Waals surface area contributed by atoms with E-state index < -0.39 is 5.24 Å². The van der Waals surface area contributed by atoms with Gasteiger partial charge in [0.15, 0.2) is 5.58 Å². The standard InChI is InChI=1S/C16H12ClNO2/c1-9-6-13-14(7-10(9)2)20-16(18-13)12-5-3-4-11(8-12)15(17)19/h3-8H,1-2H3. The molecule has 0 fully saturated rings. The Morgan fingerprint density at radius 3 is 2.65 bits per heavy atom. The molecule has 2 aromatic carbocycles. The average molecular weight is 286 g/mol. The van der Waals surface area contributed by atoms with Crippen LogP contribution in [0.1, 0.15) is 21.5 Å². The zero-order valence-corrected chi connectivity index (χ0v) is 11.9. The number of rotatable bonds is 2. The van der Waals surface area contributed by atoms with Crippen molar-refractivity contribution < 1.29 is 9.21 Å². The summed E-state index contributed by atoms with van der Waals surface area (Å²) in [5, 5.41) is -0.491. The third-order valence-corrected chi connectivity index (χ3v) is 3.56. The fourth-order valence-corrected chi connectivity index (χ4v) is 2.20. The van der Waals surface area contributed by atoms with Gasteiger partial charge in [-0.15, -0.1) is 0 Å². The van der Waals surface area contributed by atoms with Crippen LogP contribution in [0.2, 0.25) is 0 Å². The van der Waals surface area contributed by atoms with Crippen LogP contribution >= 0.6 is 11.6 Å². The molecule has 3 aromatic rings. The summed E-state index contributed by atoms with van der Waals surface area (Å²) < 4.78 is 5.76. The van der Waals surface area contributed by atoms with Crippen LogP contribution in [0, 0.1) is 13.8 Å². The van der Waals surface area contributed by atoms with Crippen molar-refractivity contribution in [2.24, 2.45) is 0 Å². The minimum atomic E-state index is -0.491. The van der Waals surface area contributed by atoms with Crippen LogP contribution in [0.4, 0.5) is 0 Å². The van der Waals surface area contributed by atoms with E-state index in [1.807, 2.05) is 32.0 Å². The Labute approximate surface area is 121 Å². The van der Waals surface area contributed by atoms with Crippen molar-refractivity contribution in [3.63, 3.8) is 0 Å². The molecule has 0 spiro atoms. The summed E-state index contributed by atoms with van der Waals surface area (Å²) in [6, 6.07) is 10.9. The normalized spacial score (nSPS) is 10.9. The fraction of sp³-hybridized carbons (Fsp3) is 0.125. The van der Waals surface area contributed by atoms with Gasteiger partial charge in [-0.2, -0.15) is 0 Å². The highest BCUT2D eigenvalue weighted by Gasteiger charge is 2.11. The lowest BCUT2D eigenvalue weighted by Crippen LogP contribution is -1.88. The van der Waals surface area contributed by atoms with E-state index in [2.05, 4.69) is 4.98 Å². The first kappa shape index (κ1) is 12.9. The van der Waals surface area contributed by atoms with E-state index in [4.69, 9.17) is 16.0 Å². The molecule has 0 atom stereocenters. The summed E-state index contributed by atoms with van der Waals surface area (Å²) in [5.74, 6) is 0.491. The second-order valence-electron chi connectivity index (χ2n) is 4.78. The number of benzene rings is 2. The molecule has 0 saturated carbocycles. The fourth-order valence-electron chi connectivity index (χ4n) is 2.08. The number of aryl methyl sites for hydroxylation is 2. The molecule has 20 heavy (non-hydrogen) atoms. The Kier molecular flexibility index (Phi) is 3.07. The topological polar surface area (TPSA) is 43.1 Å². The molecule has 3 rings (SSSR count). The van der Waals surface area contributed by atoms with E-state index in [-0.39, 0.29) is 0 Å². The van der Waals surface area contributed by atoms with Gasteiger partial charge in [0, 0.05) is 11.1 Å². The van der Waals surface area contributed by atoms with Crippen molar-refractivity contribution >= 4 is 27.9 Å². The van der Waals surface area contributed by atoms with Crippen molar-refractivity contribution in [2.45, 2.75) is 13.8 Å². The van der Waals surface area contributed by atoms with E-state index in [0.717, 1.165) is 22.2 Å². The lowest BCUT2D eigenvalue weighted by molar-refractivity contribution is 0.108. The summed E-state index contributed by atoms with van der Waals surface area (Å²) in [4.78, 5) is 15.7. The number of halogens is 1. The smallest absolute Gasteiger partial charge is 0.252 e. The summed E-state index contributed by atoms with van der Waals surface area (Å²) >= 11 is 5.49. The molecule has 0 N–H and O–H groups in total. The SMILES string of the molecule is Cc1cc2nc(-c3cccc(C(=O)Cl)c3)oc2cc1C. The van der Waals surface area contributed by atoms with E-state index in [9.17, 15) is 4.79 Å². The number of aromatic nitrogens is 1. The zero-order valence-electron chi connectivity index (χ0n) is 11.1. The van der Waals surface area contributed by atoms with Gasteiger partial charge in [0.25, 0.3) is 5.24 Å². The van der Waals surface area contributed by atoms with E-state index >= 15 is 0 Å². The Morgan fingerprint density at radius 2 is 1.90 bits per heavy atom. The van der Waals surface area contributed by atoms with E-state index in [0.29, 0.717) is 11.5 Å². The number of fused-ring (bicyclic) bond motifs is 1. The molecule has 100 valence electrons. The highest BCUT2D eigenvalue weighted by molar-refractivity contribution is 6.67. The summed E-state index contributed by atoms with van der Waals surface area (Å²) in [6.07, 6.45) is 0. The lowest BCUT2D eigenvalue weighted by atomic mass is 10.1. The molecule has 0 radical (unpaired) electrons. The van der Waals surface area contributed by atoms with Crippen LogP contribution in [-0.2, 0) is 0 Å². The Hall–Kier alpha value is -2.13. The molecule has 0 saturated heterocycles. The Balaban J connectivity index is 2.15. The third kappa shape index (κ3) is 2.21. The van der Waals surface area contributed by atoms with Crippen molar-refractivity contribution in [3.05, 3.63) is 53.1 Å². The molecule has 3 nitrogen and oxygen atoms in total. The highest BCUT2D eigenvalue weighted by atomic mass is 35.5. The molecule has 4 heteroatoms. The molecule has 0 unspecified atom stereocenters. The van der Waals surface area contributed by atoms with Crippen molar-refractivity contribution in [2.75, 3.05) is 0 Å². The number of hydrogen-bond donors (Lipinski definition) is 0. The summed E-state index contributed by atoms with van der Waals surface area (Å²) in [6.45, 7) is 4.07. The van der Waals surface area contributed by atoms with Crippen LogP contribution < -0.4 is 0 Å². The van der Waals surface area contributed by atoms with Crippen LogP contribution in [0.15, 0.2) is 40.8 Å². The molecule has 0 bridgehead atoms. The van der Waals surface area contributed by atoms with Gasteiger partial charge in [0.2, 0.25) is 5.89 Å². The summed E-state index contributed by atoms with van der Waals surface area (Å²) in [7, 11) is 0. The van der Waals surface area contributed by atoms with Gasteiger partial charge >= 0.3 is 0 Å². The van der Waals surface area contributed by atoms with Crippen LogP contribution in [0.25, 0.3) is 22.6 Å². The first-order chi connectivity index (χ1) is 9.54. The maximum absolute atomic E-state index is 11.2. The number of carbonyl (C=O) groups excluding carboxylic acids is 1. The maximum atomic E-state index is 11.2. The predicted molar refractivity (Wildman–Crippen MR) is 79.1 cm³/mol. The van der Waals surface area contributed by atoms with Gasteiger partial charge in [-0.25, -0.2) is 4.98 Å². The second-order valence-corrected chi connectivity index (χ2v) is 5.12. The molecule has 1 heterocycles.